The standard InChI is InChI=1S/C24H23Cl2NO3/c1-13(8-22(28)27-17-10-15(25)9-16(26)11-17)19-12-20-18-6-4-5-7-21(18)30-24(20)14(2)23(19)29-3/h8-12H,4-7H2,1-3H3,(H,27,28)/b13-8+. The second-order valence-electron chi connectivity index (χ2n) is 7.64. The lowest BCUT2D eigenvalue weighted by molar-refractivity contribution is -0.111. The van der Waals surface area contributed by atoms with Crippen molar-refractivity contribution in [2.24, 2.45) is 0 Å². The molecule has 30 heavy (non-hydrogen) atoms. The minimum absolute atomic E-state index is 0.264. The molecule has 4 nitrogen and oxygen atoms in total. The van der Waals surface area contributed by atoms with E-state index in [1.54, 1.807) is 31.4 Å². The van der Waals surface area contributed by atoms with Crippen LogP contribution in [0.3, 0.4) is 0 Å². The van der Waals surface area contributed by atoms with E-state index in [-0.39, 0.29) is 5.91 Å². The molecule has 0 aliphatic heterocycles. The maximum absolute atomic E-state index is 12.6. The van der Waals surface area contributed by atoms with Gasteiger partial charge in [-0.2, -0.15) is 0 Å². The number of nitrogens with one attached hydrogen (secondary N) is 1. The van der Waals surface area contributed by atoms with E-state index in [2.05, 4.69) is 11.4 Å². The number of rotatable bonds is 4. The summed E-state index contributed by atoms with van der Waals surface area (Å²) in [6.45, 7) is 3.90. The molecule has 0 fully saturated rings. The molecule has 0 atom stereocenters. The molecule has 0 spiro atoms. The van der Waals surface area contributed by atoms with Gasteiger partial charge in [-0.05, 0) is 62.9 Å². The van der Waals surface area contributed by atoms with Crippen molar-refractivity contribution in [2.75, 3.05) is 12.4 Å². The van der Waals surface area contributed by atoms with Crippen LogP contribution in [0.2, 0.25) is 10.0 Å². The Balaban J connectivity index is 1.72. The van der Waals surface area contributed by atoms with Crippen LogP contribution >= 0.6 is 23.2 Å². The summed E-state index contributed by atoms with van der Waals surface area (Å²) in [7, 11) is 1.64. The molecule has 1 aliphatic carbocycles. The maximum atomic E-state index is 12.6. The van der Waals surface area contributed by atoms with Crippen molar-refractivity contribution in [3.63, 3.8) is 0 Å². The van der Waals surface area contributed by atoms with E-state index in [9.17, 15) is 4.79 Å². The molecule has 1 aromatic heterocycles. The summed E-state index contributed by atoms with van der Waals surface area (Å²) in [5.41, 5.74) is 5.35. The van der Waals surface area contributed by atoms with Gasteiger partial charge in [0.05, 0.1) is 7.11 Å². The monoisotopic (exact) mass is 443 g/mol. The van der Waals surface area contributed by atoms with E-state index >= 15 is 0 Å². The molecular formula is C24H23Cl2NO3. The number of carbonyl (C=O) groups excluding carboxylic acids is 1. The van der Waals surface area contributed by atoms with Crippen LogP contribution in [0.1, 0.15) is 42.2 Å². The lowest BCUT2D eigenvalue weighted by atomic mass is 9.93. The molecule has 0 saturated carbocycles. The normalized spacial score (nSPS) is 14.0. The highest BCUT2D eigenvalue weighted by Gasteiger charge is 2.23. The van der Waals surface area contributed by atoms with Crippen molar-refractivity contribution in [3.8, 4) is 5.75 Å². The van der Waals surface area contributed by atoms with Gasteiger partial charge in [0.2, 0.25) is 5.91 Å². The fourth-order valence-electron chi connectivity index (χ4n) is 4.17. The van der Waals surface area contributed by atoms with Gasteiger partial charge in [-0.15, -0.1) is 0 Å². The van der Waals surface area contributed by atoms with E-state index in [1.165, 1.54) is 12.0 Å². The Morgan fingerprint density at radius 1 is 1.13 bits per heavy atom. The van der Waals surface area contributed by atoms with Gasteiger partial charge in [0.25, 0.3) is 0 Å². The Morgan fingerprint density at radius 3 is 2.53 bits per heavy atom. The number of anilines is 1. The first kappa shape index (κ1) is 20.8. The number of amides is 1. The van der Waals surface area contributed by atoms with E-state index in [4.69, 9.17) is 32.4 Å². The summed E-state index contributed by atoms with van der Waals surface area (Å²) in [6, 6.07) is 7.02. The number of furan rings is 1. The number of hydrogen-bond donors (Lipinski definition) is 1. The second-order valence-corrected chi connectivity index (χ2v) is 8.52. The van der Waals surface area contributed by atoms with Gasteiger partial charge in [-0.3, -0.25) is 4.79 Å². The minimum Gasteiger partial charge on any atom is -0.496 e. The number of carbonyl (C=O) groups is 1. The Labute approximate surface area is 185 Å². The third-order valence-corrected chi connectivity index (χ3v) is 5.97. The number of ether oxygens (including phenoxy) is 1. The first-order valence-electron chi connectivity index (χ1n) is 9.95. The van der Waals surface area contributed by atoms with Crippen LogP contribution in [0, 0.1) is 6.92 Å². The quantitative estimate of drug-likeness (QED) is 0.442. The fraction of sp³-hybridized carbons (Fsp3) is 0.292. The topological polar surface area (TPSA) is 51.5 Å². The highest BCUT2D eigenvalue weighted by molar-refractivity contribution is 6.35. The van der Waals surface area contributed by atoms with Gasteiger partial charge in [0, 0.05) is 50.3 Å². The number of aryl methyl sites for hydroxylation is 3. The number of allylic oxidation sites excluding steroid dienone is 1. The molecule has 1 amide bonds. The van der Waals surface area contributed by atoms with Crippen LogP contribution in [0.5, 0.6) is 5.75 Å². The number of fused-ring (bicyclic) bond motifs is 3. The molecular weight excluding hydrogens is 421 g/mol. The number of halogens is 2. The fourth-order valence-corrected chi connectivity index (χ4v) is 4.70. The molecule has 0 radical (unpaired) electrons. The number of benzene rings is 2. The Morgan fingerprint density at radius 2 is 1.83 bits per heavy atom. The lowest BCUT2D eigenvalue weighted by Gasteiger charge is -2.13. The van der Waals surface area contributed by atoms with Crippen molar-refractivity contribution in [3.05, 3.63) is 62.8 Å². The first-order valence-corrected chi connectivity index (χ1v) is 10.7. The third kappa shape index (κ3) is 3.94. The lowest BCUT2D eigenvalue weighted by Crippen LogP contribution is -2.09. The zero-order valence-corrected chi connectivity index (χ0v) is 18.7. The average Bonchev–Trinajstić information content (AvgIpc) is 3.06. The summed E-state index contributed by atoms with van der Waals surface area (Å²) < 4.78 is 11.9. The van der Waals surface area contributed by atoms with Gasteiger partial charge in [-0.1, -0.05) is 23.2 Å². The molecule has 156 valence electrons. The van der Waals surface area contributed by atoms with Crippen molar-refractivity contribution in [2.45, 2.75) is 39.5 Å². The number of hydrogen-bond acceptors (Lipinski definition) is 3. The third-order valence-electron chi connectivity index (χ3n) is 5.53. The minimum atomic E-state index is -0.264. The Bertz CT molecular complexity index is 1160. The largest absolute Gasteiger partial charge is 0.496 e. The van der Waals surface area contributed by atoms with Crippen molar-refractivity contribution < 1.29 is 13.9 Å². The molecule has 0 unspecified atom stereocenters. The highest BCUT2D eigenvalue weighted by atomic mass is 35.5. The number of methoxy groups -OCH3 is 1. The van der Waals surface area contributed by atoms with Crippen molar-refractivity contribution >= 4 is 51.3 Å². The van der Waals surface area contributed by atoms with Crippen molar-refractivity contribution in [1.82, 2.24) is 0 Å². The second kappa shape index (κ2) is 8.37. The summed E-state index contributed by atoms with van der Waals surface area (Å²) in [5.74, 6) is 1.54. The summed E-state index contributed by atoms with van der Waals surface area (Å²) in [6.07, 6.45) is 5.88. The SMILES string of the molecule is COc1c(/C(C)=C/C(=O)Nc2cc(Cl)cc(Cl)c2)cc2c3c(oc2c1C)CCCC3. The van der Waals surface area contributed by atoms with Crippen LogP contribution in [0.15, 0.2) is 34.8 Å². The summed E-state index contributed by atoms with van der Waals surface area (Å²) >= 11 is 12.0. The van der Waals surface area contributed by atoms with Gasteiger partial charge in [0.1, 0.15) is 17.1 Å². The molecule has 2 aromatic carbocycles. The highest BCUT2D eigenvalue weighted by Crippen LogP contribution is 2.41. The molecule has 6 heteroatoms. The van der Waals surface area contributed by atoms with Crippen LogP contribution in [0.25, 0.3) is 16.5 Å². The average molecular weight is 444 g/mol. The molecule has 0 bridgehead atoms. The summed E-state index contributed by atoms with van der Waals surface area (Å²) in [5, 5.41) is 4.86. The zero-order valence-electron chi connectivity index (χ0n) is 17.2. The van der Waals surface area contributed by atoms with Crippen LogP contribution in [0.4, 0.5) is 5.69 Å². The van der Waals surface area contributed by atoms with E-state index in [0.29, 0.717) is 15.7 Å². The Kier molecular flexibility index (Phi) is 5.81. The molecule has 3 aromatic rings. The van der Waals surface area contributed by atoms with Crippen LogP contribution in [-0.2, 0) is 17.6 Å². The maximum Gasteiger partial charge on any atom is 0.248 e. The van der Waals surface area contributed by atoms with Crippen molar-refractivity contribution in [1.29, 1.82) is 0 Å². The predicted octanol–water partition coefficient (Wildman–Crippen LogP) is 6.98. The van der Waals surface area contributed by atoms with Crippen LogP contribution < -0.4 is 10.1 Å². The van der Waals surface area contributed by atoms with E-state index < -0.39 is 0 Å². The molecule has 4 rings (SSSR count). The molecule has 1 N–H and O–H groups in total. The first-order chi connectivity index (χ1) is 14.4. The van der Waals surface area contributed by atoms with Gasteiger partial charge in [0.15, 0.2) is 0 Å². The summed E-state index contributed by atoms with van der Waals surface area (Å²) in [4.78, 5) is 12.6. The van der Waals surface area contributed by atoms with Gasteiger partial charge < -0.3 is 14.5 Å². The molecule has 1 aliphatic rings. The van der Waals surface area contributed by atoms with E-state index in [1.807, 2.05) is 13.8 Å². The van der Waals surface area contributed by atoms with Crippen LogP contribution in [-0.4, -0.2) is 13.0 Å². The zero-order chi connectivity index (χ0) is 21.4. The molecule has 0 saturated heterocycles. The van der Waals surface area contributed by atoms with E-state index in [0.717, 1.165) is 58.4 Å². The molecule has 1 heterocycles. The Hall–Kier alpha value is -2.43. The predicted molar refractivity (Wildman–Crippen MR) is 123 cm³/mol. The van der Waals surface area contributed by atoms with Gasteiger partial charge in [-0.25, -0.2) is 0 Å². The van der Waals surface area contributed by atoms with Gasteiger partial charge >= 0.3 is 0 Å². The smallest absolute Gasteiger partial charge is 0.248 e.